The molecule has 0 saturated heterocycles. The molecule has 0 fully saturated rings. The van der Waals surface area contributed by atoms with Crippen molar-refractivity contribution in [3.8, 4) is 5.75 Å². The fraction of sp³-hybridized carbons (Fsp3) is 0.312. The number of nitrogens with one attached hydrogen (secondary N) is 1. The minimum Gasteiger partial charge on any atom is -0.445 e. The number of benzene rings is 1. The van der Waals surface area contributed by atoms with Crippen LogP contribution in [0.1, 0.15) is 12.8 Å². The molecule has 0 spiro atoms. The molecule has 1 aromatic rings. The normalized spacial score (nSPS) is 16.3. The molecule has 0 heterocycles. The molecular weight excluding hydrogens is 301 g/mol. The van der Waals surface area contributed by atoms with E-state index in [2.05, 4.69) is 11.4 Å². The Bertz CT molecular complexity index is 610. The summed E-state index contributed by atoms with van der Waals surface area (Å²) >= 11 is 0. The lowest BCUT2D eigenvalue weighted by Crippen LogP contribution is -2.27. The lowest BCUT2D eigenvalue weighted by Gasteiger charge is -2.16. The molecule has 0 aromatic heterocycles. The van der Waals surface area contributed by atoms with Crippen molar-refractivity contribution < 1.29 is 18.6 Å². The van der Waals surface area contributed by atoms with Crippen LogP contribution in [0.15, 0.2) is 54.1 Å². The summed E-state index contributed by atoms with van der Waals surface area (Å²) in [5.41, 5.74) is 1.07. The van der Waals surface area contributed by atoms with E-state index in [4.69, 9.17) is 9.26 Å². The highest BCUT2D eigenvalue weighted by Gasteiger charge is 2.19. The van der Waals surface area contributed by atoms with Crippen molar-refractivity contribution in [3.63, 3.8) is 0 Å². The van der Waals surface area contributed by atoms with Crippen LogP contribution in [-0.2, 0) is 9.30 Å². The van der Waals surface area contributed by atoms with Gasteiger partial charge in [-0.15, -0.1) is 0 Å². The van der Waals surface area contributed by atoms with Crippen LogP contribution in [0.2, 0.25) is 0 Å². The molecule has 5 nitrogen and oxygen atoms in total. The lowest BCUT2D eigenvalue weighted by molar-refractivity contribution is 0.156. The molecule has 0 saturated carbocycles. The quantitative estimate of drug-likeness (QED) is 0.806. The van der Waals surface area contributed by atoms with Gasteiger partial charge in [-0.1, -0.05) is 36.4 Å². The van der Waals surface area contributed by atoms with Gasteiger partial charge in [-0.05, 0) is 30.5 Å². The first kappa shape index (κ1) is 16.4. The lowest BCUT2D eigenvalue weighted by atomic mass is 10.1. The van der Waals surface area contributed by atoms with Crippen molar-refractivity contribution in [1.82, 2.24) is 5.32 Å². The molecule has 0 radical (unpaired) electrons. The Morgan fingerprint density at radius 1 is 1.32 bits per heavy atom. The van der Waals surface area contributed by atoms with Crippen LogP contribution >= 0.6 is 7.37 Å². The van der Waals surface area contributed by atoms with Crippen LogP contribution in [0.3, 0.4) is 0 Å². The van der Waals surface area contributed by atoms with Gasteiger partial charge in [0.05, 0.1) is 0 Å². The second kappa shape index (κ2) is 7.85. The highest BCUT2D eigenvalue weighted by molar-refractivity contribution is 7.58. The van der Waals surface area contributed by atoms with Gasteiger partial charge in [0.15, 0.2) is 0 Å². The van der Waals surface area contributed by atoms with Crippen molar-refractivity contribution in [2.24, 2.45) is 0 Å². The minimum atomic E-state index is -2.96. The summed E-state index contributed by atoms with van der Waals surface area (Å²) in [5, 5.41) is 2.49. The molecule has 1 aromatic carbocycles. The third-order valence-corrected chi connectivity index (χ3v) is 4.37. The van der Waals surface area contributed by atoms with E-state index >= 15 is 0 Å². The van der Waals surface area contributed by atoms with E-state index in [-0.39, 0.29) is 12.9 Å². The number of hydrogen-bond acceptors (Lipinski definition) is 4. The molecule has 1 aliphatic rings. The largest absolute Gasteiger partial charge is 0.445 e. The van der Waals surface area contributed by atoms with E-state index in [1.165, 1.54) is 6.66 Å². The second-order valence-corrected chi connectivity index (χ2v) is 7.65. The summed E-state index contributed by atoms with van der Waals surface area (Å²) in [7, 11) is -2.96. The Balaban J connectivity index is 1.74. The Labute approximate surface area is 130 Å². The zero-order valence-electron chi connectivity index (χ0n) is 12.5. The topological polar surface area (TPSA) is 64.6 Å². The summed E-state index contributed by atoms with van der Waals surface area (Å²) in [6.07, 6.45) is 7.17. The maximum atomic E-state index is 12.3. The number of allylic oxidation sites excluding steroid dienone is 3. The predicted octanol–water partition coefficient (Wildman–Crippen LogP) is 3.93. The first-order chi connectivity index (χ1) is 10.6. The number of ether oxygens (including phenoxy) is 1. The fourth-order valence-electron chi connectivity index (χ4n) is 1.93. The monoisotopic (exact) mass is 321 g/mol. The van der Waals surface area contributed by atoms with E-state index in [1.54, 1.807) is 24.3 Å². The van der Waals surface area contributed by atoms with Gasteiger partial charge < -0.3 is 14.6 Å². The summed E-state index contributed by atoms with van der Waals surface area (Å²) in [6.45, 7) is 1.73. The van der Waals surface area contributed by atoms with Crippen molar-refractivity contribution >= 4 is 13.5 Å². The first-order valence-corrected chi connectivity index (χ1v) is 9.37. The Morgan fingerprint density at radius 3 is 2.77 bits per heavy atom. The van der Waals surface area contributed by atoms with Crippen LogP contribution in [0.25, 0.3) is 0 Å². The molecule has 1 amide bonds. The highest BCUT2D eigenvalue weighted by Crippen LogP contribution is 2.41. The molecule has 22 heavy (non-hydrogen) atoms. The Morgan fingerprint density at radius 2 is 2.09 bits per heavy atom. The predicted molar refractivity (Wildman–Crippen MR) is 86.4 cm³/mol. The molecule has 0 bridgehead atoms. The highest BCUT2D eigenvalue weighted by atomic mass is 31.2. The number of rotatable bonds is 6. The number of carbonyl (C=O) groups excluding carboxylic acids is 1. The molecule has 2 rings (SSSR count). The molecule has 6 heteroatoms. The maximum Gasteiger partial charge on any atom is 0.407 e. The molecule has 1 aliphatic carbocycles. The molecule has 0 aliphatic heterocycles. The summed E-state index contributed by atoms with van der Waals surface area (Å²) in [4.78, 5) is 11.6. The van der Waals surface area contributed by atoms with E-state index in [1.807, 2.05) is 18.2 Å². The first-order valence-electron chi connectivity index (χ1n) is 7.11. The minimum absolute atomic E-state index is 0.0698. The van der Waals surface area contributed by atoms with Gasteiger partial charge in [-0.2, -0.15) is 0 Å². The fourth-order valence-corrected chi connectivity index (χ4v) is 2.98. The summed E-state index contributed by atoms with van der Waals surface area (Å²) < 4.78 is 22.8. The van der Waals surface area contributed by atoms with Crippen molar-refractivity contribution in [2.45, 2.75) is 12.8 Å². The van der Waals surface area contributed by atoms with Gasteiger partial charge >= 0.3 is 6.09 Å². The van der Waals surface area contributed by atoms with Crippen molar-refractivity contribution in [2.75, 3.05) is 19.6 Å². The van der Waals surface area contributed by atoms with Crippen LogP contribution in [0, 0.1) is 0 Å². The van der Waals surface area contributed by atoms with Gasteiger partial charge in [0, 0.05) is 6.66 Å². The van der Waals surface area contributed by atoms with Crippen LogP contribution in [-0.4, -0.2) is 25.7 Å². The van der Waals surface area contributed by atoms with E-state index in [0.29, 0.717) is 5.75 Å². The number of amides is 1. The SMILES string of the molecule is CP(=O)(CNC(=O)OCC1=CC=CCC1)Oc1ccccc1. The van der Waals surface area contributed by atoms with Crippen LogP contribution in [0.5, 0.6) is 5.75 Å². The summed E-state index contributed by atoms with van der Waals surface area (Å²) in [5.74, 6) is 0.516. The zero-order chi connectivity index (χ0) is 15.8. The maximum absolute atomic E-state index is 12.3. The molecular formula is C16H20NO4P. The van der Waals surface area contributed by atoms with Gasteiger partial charge in [0.25, 0.3) is 7.37 Å². The van der Waals surface area contributed by atoms with Crippen LogP contribution < -0.4 is 9.84 Å². The van der Waals surface area contributed by atoms with Gasteiger partial charge in [0.1, 0.15) is 18.6 Å². The smallest absolute Gasteiger partial charge is 0.407 e. The Hall–Kier alpha value is -2.00. The molecule has 1 unspecified atom stereocenters. The molecule has 1 N–H and O–H groups in total. The Kier molecular flexibility index (Phi) is 5.84. The number of hydrogen-bond donors (Lipinski definition) is 1. The van der Waals surface area contributed by atoms with Crippen LogP contribution in [0.4, 0.5) is 4.79 Å². The number of carbonyl (C=O) groups is 1. The number of para-hydroxylation sites is 1. The van der Waals surface area contributed by atoms with Gasteiger partial charge in [0.2, 0.25) is 0 Å². The second-order valence-electron chi connectivity index (χ2n) is 5.12. The average molecular weight is 321 g/mol. The third kappa shape index (κ3) is 5.78. The van der Waals surface area contributed by atoms with Crippen molar-refractivity contribution in [3.05, 3.63) is 54.1 Å². The van der Waals surface area contributed by atoms with E-state index in [0.717, 1.165) is 18.4 Å². The zero-order valence-corrected chi connectivity index (χ0v) is 13.4. The van der Waals surface area contributed by atoms with Gasteiger partial charge in [-0.25, -0.2) is 4.79 Å². The van der Waals surface area contributed by atoms with E-state index < -0.39 is 13.5 Å². The third-order valence-electron chi connectivity index (χ3n) is 3.04. The average Bonchev–Trinajstić information content (AvgIpc) is 2.53. The summed E-state index contributed by atoms with van der Waals surface area (Å²) in [6, 6.07) is 8.88. The van der Waals surface area contributed by atoms with Crippen molar-refractivity contribution in [1.29, 1.82) is 0 Å². The van der Waals surface area contributed by atoms with E-state index in [9.17, 15) is 9.36 Å². The molecule has 1 atom stereocenters. The molecule has 118 valence electrons. The number of alkyl carbamates (subject to hydrolysis) is 1. The standard InChI is InChI=1S/C16H20NO4P/c1-22(19,21-15-10-6-3-7-11-15)13-17-16(18)20-12-14-8-4-2-5-9-14/h2-4,6-8,10-11H,5,9,12-13H2,1H3,(H,17,18). The van der Waals surface area contributed by atoms with Gasteiger partial charge in [-0.3, -0.25) is 4.57 Å².